The summed E-state index contributed by atoms with van der Waals surface area (Å²) in [5, 5.41) is 4.35. The highest BCUT2D eigenvalue weighted by atomic mass is 79.9. The maximum atomic E-state index is 6.11. The molecule has 5 aromatic rings. The van der Waals surface area contributed by atoms with Crippen molar-refractivity contribution in [1.82, 2.24) is 0 Å². The summed E-state index contributed by atoms with van der Waals surface area (Å²) < 4.78 is 13.0. The van der Waals surface area contributed by atoms with Crippen LogP contribution in [0.25, 0.3) is 43.9 Å². The van der Waals surface area contributed by atoms with E-state index < -0.39 is 0 Å². The lowest BCUT2D eigenvalue weighted by Gasteiger charge is -1.95. The molecule has 0 saturated carbocycles. The minimum atomic E-state index is 0.836. The zero-order valence-corrected chi connectivity index (χ0v) is 12.5. The monoisotopic (exact) mass is 336 g/mol. The number of furan rings is 2. The Kier molecular flexibility index (Phi) is 2.11. The van der Waals surface area contributed by atoms with Gasteiger partial charge in [0.05, 0.1) is 9.86 Å². The topological polar surface area (TPSA) is 26.3 Å². The van der Waals surface area contributed by atoms with Crippen molar-refractivity contribution in [2.45, 2.75) is 0 Å². The first kappa shape index (κ1) is 11.4. The van der Waals surface area contributed by atoms with Crippen molar-refractivity contribution in [2.75, 3.05) is 0 Å². The fraction of sp³-hybridized carbons (Fsp3) is 0. The van der Waals surface area contributed by atoms with Crippen LogP contribution in [0.5, 0.6) is 0 Å². The highest BCUT2D eigenvalue weighted by Crippen LogP contribution is 2.42. The first-order valence-electron chi connectivity index (χ1n) is 6.74. The average molecular weight is 337 g/mol. The molecule has 0 radical (unpaired) electrons. The second-order valence-electron chi connectivity index (χ2n) is 5.14. The number of para-hydroxylation sites is 2. The van der Waals surface area contributed by atoms with E-state index in [1.807, 2.05) is 36.4 Å². The fourth-order valence-electron chi connectivity index (χ4n) is 3.03. The van der Waals surface area contributed by atoms with Gasteiger partial charge in [-0.2, -0.15) is 0 Å². The second kappa shape index (κ2) is 3.89. The summed E-state index contributed by atoms with van der Waals surface area (Å²) in [6.07, 6.45) is 0. The van der Waals surface area contributed by atoms with Gasteiger partial charge < -0.3 is 8.83 Å². The lowest BCUT2D eigenvalue weighted by atomic mass is 10.1. The van der Waals surface area contributed by atoms with Crippen LogP contribution in [-0.4, -0.2) is 0 Å². The zero-order chi connectivity index (χ0) is 14.0. The lowest BCUT2D eigenvalue weighted by molar-refractivity contribution is 0.661. The maximum Gasteiger partial charge on any atom is 0.153 e. The van der Waals surface area contributed by atoms with Crippen LogP contribution in [0.4, 0.5) is 0 Å². The Morgan fingerprint density at radius 3 is 2.10 bits per heavy atom. The van der Waals surface area contributed by atoms with Gasteiger partial charge in [0.2, 0.25) is 0 Å². The fourth-order valence-corrected chi connectivity index (χ4v) is 3.53. The smallest absolute Gasteiger partial charge is 0.153 e. The minimum Gasteiger partial charge on any atom is -0.455 e. The summed E-state index contributed by atoms with van der Waals surface area (Å²) in [6, 6.07) is 18.2. The van der Waals surface area contributed by atoms with Crippen LogP contribution in [0, 0.1) is 0 Å². The third-order valence-electron chi connectivity index (χ3n) is 3.94. The summed E-state index contributed by atoms with van der Waals surface area (Å²) in [4.78, 5) is 0. The number of fused-ring (bicyclic) bond motifs is 7. The Bertz CT molecular complexity index is 1150. The quantitative estimate of drug-likeness (QED) is 0.334. The lowest BCUT2D eigenvalue weighted by Crippen LogP contribution is -1.72. The summed E-state index contributed by atoms with van der Waals surface area (Å²) in [7, 11) is 0. The molecular formula is C18H9BrO2. The van der Waals surface area contributed by atoms with Crippen LogP contribution in [0.2, 0.25) is 0 Å². The van der Waals surface area contributed by atoms with Crippen molar-refractivity contribution in [3.05, 3.63) is 59.1 Å². The molecule has 21 heavy (non-hydrogen) atoms. The number of rotatable bonds is 0. The summed E-state index contributed by atoms with van der Waals surface area (Å²) >= 11 is 3.63. The van der Waals surface area contributed by atoms with Gasteiger partial charge in [-0.25, -0.2) is 0 Å². The van der Waals surface area contributed by atoms with Gasteiger partial charge in [-0.1, -0.05) is 36.4 Å². The third kappa shape index (κ3) is 1.41. The van der Waals surface area contributed by atoms with Gasteiger partial charge in [0.25, 0.3) is 0 Å². The van der Waals surface area contributed by atoms with Crippen LogP contribution in [0.1, 0.15) is 0 Å². The molecule has 3 aromatic carbocycles. The van der Waals surface area contributed by atoms with Crippen LogP contribution in [0.3, 0.4) is 0 Å². The first-order valence-corrected chi connectivity index (χ1v) is 7.53. The molecule has 100 valence electrons. The molecule has 0 saturated heterocycles. The van der Waals surface area contributed by atoms with Gasteiger partial charge in [-0.3, -0.25) is 0 Å². The van der Waals surface area contributed by atoms with Crippen molar-refractivity contribution in [3.8, 4) is 0 Å². The Labute approximate surface area is 128 Å². The van der Waals surface area contributed by atoms with E-state index in [9.17, 15) is 0 Å². The van der Waals surface area contributed by atoms with Crippen molar-refractivity contribution in [1.29, 1.82) is 0 Å². The molecule has 5 rings (SSSR count). The normalized spacial score (nSPS) is 12.0. The zero-order valence-electron chi connectivity index (χ0n) is 10.9. The summed E-state index contributed by atoms with van der Waals surface area (Å²) in [5.41, 5.74) is 3.50. The molecule has 0 bridgehead atoms. The summed E-state index contributed by atoms with van der Waals surface area (Å²) in [6.45, 7) is 0. The van der Waals surface area contributed by atoms with E-state index in [1.54, 1.807) is 0 Å². The van der Waals surface area contributed by atoms with E-state index in [0.717, 1.165) is 48.3 Å². The standard InChI is InChI=1S/C18H9BrO2/c19-13-9-12-10-5-1-3-7-14(10)20-17(12)16-11-6-2-4-8-15(11)21-18(13)16/h1-9H. The summed E-state index contributed by atoms with van der Waals surface area (Å²) in [5.74, 6) is 0. The highest BCUT2D eigenvalue weighted by Gasteiger charge is 2.18. The molecule has 0 fully saturated rings. The van der Waals surface area contributed by atoms with Crippen LogP contribution < -0.4 is 0 Å². The molecule has 0 spiro atoms. The highest BCUT2D eigenvalue weighted by molar-refractivity contribution is 9.10. The van der Waals surface area contributed by atoms with E-state index in [2.05, 4.69) is 34.1 Å². The number of halogens is 1. The SMILES string of the molecule is Brc1cc2c3ccccc3oc2c2c1oc1ccccc12. The van der Waals surface area contributed by atoms with Gasteiger partial charge in [-0.05, 0) is 34.1 Å². The molecule has 0 amide bonds. The van der Waals surface area contributed by atoms with Crippen molar-refractivity contribution >= 4 is 59.8 Å². The molecule has 0 aliphatic carbocycles. The van der Waals surface area contributed by atoms with E-state index >= 15 is 0 Å². The van der Waals surface area contributed by atoms with Crippen molar-refractivity contribution in [3.63, 3.8) is 0 Å². The largest absolute Gasteiger partial charge is 0.455 e. The Morgan fingerprint density at radius 1 is 0.667 bits per heavy atom. The molecule has 0 unspecified atom stereocenters. The molecular weight excluding hydrogens is 328 g/mol. The number of hydrogen-bond donors (Lipinski definition) is 0. The predicted octanol–water partition coefficient (Wildman–Crippen LogP) is 6.25. The number of hydrogen-bond acceptors (Lipinski definition) is 2. The molecule has 2 heterocycles. The molecule has 0 aliphatic heterocycles. The van der Waals surface area contributed by atoms with Gasteiger partial charge in [0.1, 0.15) is 16.7 Å². The van der Waals surface area contributed by atoms with Gasteiger partial charge in [0, 0.05) is 16.2 Å². The molecule has 0 aliphatic rings. The van der Waals surface area contributed by atoms with E-state index in [4.69, 9.17) is 8.83 Å². The molecule has 0 N–H and O–H groups in total. The van der Waals surface area contributed by atoms with Crippen LogP contribution >= 0.6 is 15.9 Å². The Balaban J connectivity index is 2.17. The Hall–Kier alpha value is -2.26. The van der Waals surface area contributed by atoms with E-state index in [-0.39, 0.29) is 0 Å². The van der Waals surface area contributed by atoms with Crippen LogP contribution in [0.15, 0.2) is 67.9 Å². The van der Waals surface area contributed by atoms with Gasteiger partial charge >= 0.3 is 0 Å². The van der Waals surface area contributed by atoms with Gasteiger partial charge in [-0.15, -0.1) is 0 Å². The predicted molar refractivity (Wildman–Crippen MR) is 88.7 cm³/mol. The maximum absolute atomic E-state index is 6.11. The van der Waals surface area contributed by atoms with Crippen LogP contribution in [-0.2, 0) is 0 Å². The molecule has 3 heteroatoms. The first-order chi connectivity index (χ1) is 10.3. The van der Waals surface area contributed by atoms with Crippen molar-refractivity contribution < 1.29 is 8.83 Å². The van der Waals surface area contributed by atoms with Crippen molar-refractivity contribution in [2.24, 2.45) is 0 Å². The van der Waals surface area contributed by atoms with Gasteiger partial charge in [0.15, 0.2) is 5.58 Å². The molecule has 0 atom stereocenters. The molecule has 2 nitrogen and oxygen atoms in total. The Morgan fingerprint density at radius 2 is 1.29 bits per heavy atom. The molecule has 2 aromatic heterocycles. The number of benzene rings is 3. The third-order valence-corrected chi connectivity index (χ3v) is 4.53. The van der Waals surface area contributed by atoms with E-state index in [1.165, 1.54) is 0 Å². The minimum absolute atomic E-state index is 0.836. The second-order valence-corrected chi connectivity index (χ2v) is 5.99. The van der Waals surface area contributed by atoms with E-state index in [0.29, 0.717) is 0 Å². The average Bonchev–Trinajstić information content (AvgIpc) is 3.06.